The summed E-state index contributed by atoms with van der Waals surface area (Å²) in [5, 5.41) is 6.72. The average molecular weight is 504 g/mol. The Hall–Kier alpha value is -0.130. The number of hydrogen-bond acceptors (Lipinski definition) is 4. The van der Waals surface area contributed by atoms with E-state index in [0.717, 1.165) is 32.0 Å². The highest BCUT2D eigenvalue weighted by Gasteiger charge is 2.33. The van der Waals surface area contributed by atoms with Gasteiger partial charge in [0.1, 0.15) is 0 Å². The van der Waals surface area contributed by atoms with Crippen LogP contribution in [0, 0.1) is 5.41 Å². The van der Waals surface area contributed by atoms with Crippen molar-refractivity contribution in [2.45, 2.75) is 45.4 Å². The molecule has 1 rings (SSSR count). The van der Waals surface area contributed by atoms with Gasteiger partial charge in [0.05, 0.1) is 5.75 Å². The largest absolute Gasteiger partial charge is 0.385 e. The Kier molecular flexibility index (Phi) is 13.0. The molecule has 1 saturated carbocycles. The number of nitrogens with zero attached hydrogens (tertiary/aromatic N) is 2. The summed E-state index contributed by atoms with van der Waals surface area (Å²) in [6.07, 6.45) is 6.86. The van der Waals surface area contributed by atoms with E-state index < -0.39 is 10.0 Å². The Morgan fingerprint density at radius 3 is 2.46 bits per heavy atom. The number of nitrogens with one attached hydrogen (secondary N) is 2. The van der Waals surface area contributed by atoms with Crippen LogP contribution in [0.4, 0.5) is 0 Å². The van der Waals surface area contributed by atoms with E-state index in [4.69, 9.17) is 4.74 Å². The second kappa shape index (κ2) is 13.1. The van der Waals surface area contributed by atoms with E-state index in [1.54, 1.807) is 28.1 Å². The highest BCUT2D eigenvalue weighted by molar-refractivity contribution is 14.0. The monoisotopic (exact) mass is 504 g/mol. The van der Waals surface area contributed by atoms with Crippen molar-refractivity contribution in [2.24, 2.45) is 10.4 Å². The van der Waals surface area contributed by atoms with Gasteiger partial charge in [0.15, 0.2) is 5.96 Å². The average Bonchev–Trinajstić information content (AvgIpc) is 3.08. The number of rotatable bonds is 11. The van der Waals surface area contributed by atoms with Crippen molar-refractivity contribution in [2.75, 3.05) is 53.2 Å². The second-order valence-electron chi connectivity index (χ2n) is 6.88. The number of sulfonamides is 1. The molecule has 0 aromatic rings. The Morgan fingerprint density at radius 1 is 1.27 bits per heavy atom. The molecule has 0 saturated heterocycles. The standard InChI is InChI=1S/C17H36N4O3S.HI/c1-5-25(22,23)21(3)13-8-12-19-16(18-2)20-15-17(11-14-24-4)9-6-7-10-17;/h5-15H2,1-4H3,(H2,18,19,20);1H. The van der Waals surface area contributed by atoms with Crippen molar-refractivity contribution in [1.82, 2.24) is 14.9 Å². The molecule has 1 aliphatic carbocycles. The highest BCUT2D eigenvalue weighted by Crippen LogP contribution is 2.40. The molecule has 7 nitrogen and oxygen atoms in total. The summed E-state index contributed by atoms with van der Waals surface area (Å²) in [7, 11) is 2.06. The lowest BCUT2D eigenvalue weighted by atomic mass is 9.83. The second-order valence-corrected chi connectivity index (χ2v) is 9.24. The van der Waals surface area contributed by atoms with Crippen LogP contribution < -0.4 is 10.6 Å². The van der Waals surface area contributed by atoms with Gasteiger partial charge in [0, 0.05) is 47.4 Å². The van der Waals surface area contributed by atoms with Crippen LogP contribution in [0.5, 0.6) is 0 Å². The van der Waals surface area contributed by atoms with Crippen LogP contribution in [0.3, 0.4) is 0 Å². The Morgan fingerprint density at radius 2 is 1.92 bits per heavy atom. The molecule has 1 aliphatic rings. The molecule has 0 atom stereocenters. The molecule has 0 amide bonds. The Bertz CT molecular complexity index is 508. The molecule has 0 aromatic carbocycles. The van der Waals surface area contributed by atoms with Crippen molar-refractivity contribution in [3.8, 4) is 0 Å². The minimum Gasteiger partial charge on any atom is -0.385 e. The van der Waals surface area contributed by atoms with Crippen LogP contribution in [0.15, 0.2) is 4.99 Å². The summed E-state index contributed by atoms with van der Waals surface area (Å²) in [6.45, 7) is 4.57. The summed E-state index contributed by atoms with van der Waals surface area (Å²) < 4.78 is 30.1. The molecule has 0 heterocycles. The van der Waals surface area contributed by atoms with Gasteiger partial charge in [-0.05, 0) is 38.0 Å². The molecule has 0 unspecified atom stereocenters. The van der Waals surface area contributed by atoms with E-state index >= 15 is 0 Å². The predicted octanol–water partition coefficient (Wildman–Crippen LogP) is 2.04. The molecule has 26 heavy (non-hydrogen) atoms. The van der Waals surface area contributed by atoms with Gasteiger partial charge in [-0.3, -0.25) is 4.99 Å². The minimum atomic E-state index is -3.09. The van der Waals surface area contributed by atoms with E-state index in [0.29, 0.717) is 18.5 Å². The van der Waals surface area contributed by atoms with E-state index in [9.17, 15) is 8.42 Å². The molecule has 0 aliphatic heterocycles. The van der Waals surface area contributed by atoms with Crippen molar-refractivity contribution >= 4 is 40.0 Å². The zero-order chi connectivity index (χ0) is 18.8. The third-order valence-electron chi connectivity index (χ3n) is 5.14. The van der Waals surface area contributed by atoms with Crippen LogP contribution in [0.25, 0.3) is 0 Å². The summed E-state index contributed by atoms with van der Waals surface area (Å²) in [6, 6.07) is 0. The fourth-order valence-electron chi connectivity index (χ4n) is 3.32. The molecular weight excluding hydrogens is 467 g/mol. The first-order chi connectivity index (χ1) is 11.9. The number of methoxy groups -OCH3 is 1. The lowest BCUT2D eigenvalue weighted by molar-refractivity contribution is 0.138. The highest BCUT2D eigenvalue weighted by atomic mass is 127. The number of halogens is 1. The molecule has 9 heteroatoms. The van der Waals surface area contributed by atoms with Crippen molar-refractivity contribution < 1.29 is 13.2 Å². The smallest absolute Gasteiger partial charge is 0.213 e. The summed E-state index contributed by atoms with van der Waals surface area (Å²) in [4.78, 5) is 4.27. The van der Waals surface area contributed by atoms with Gasteiger partial charge in [-0.15, -0.1) is 24.0 Å². The molecular formula is C17H37IN4O3S. The quantitative estimate of drug-likeness (QED) is 0.195. The number of aliphatic imine (C=N–C) groups is 1. The van der Waals surface area contributed by atoms with Gasteiger partial charge in [-0.2, -0.15) is 0 Å². The number of ether oxygens (including phenoxy) is 1. The molecule has 2 N–H and O–H groups in total. The fourth-order valence-corrected chi connectivity index (χ4v) is 4.17. The van der Waals surface area contributed by atoms with E-state index in [2.05, 4.69) is 15.6 Å². The third-order valence-corrected chi connectivity index (χ3v) is 7.00. The van der Waals surface area contributed by atoms with Crippen LogP contribution >= 0.6 is 24.0 Å². The molecule has 0 spiro atoms. The zero-order valence-electron chi connectivity index (χ0n) is 16.7. The summed E-state index contributed by atoms with van der Waals surface area (Å²) in [5.74, 6) is 0.925. The maximum atomic E-state index is 11.7. The van der Waals surface area contributed by atoms with Gasteiger partial charge in [0.2, 0.25) is 10.0 Å². The predicted molar refractivity (Wildman–Crippen MR) is 119 cm³/mol. The topological polar surface area (TPSA) is 83.0 Å². The first kappa shape index (κ1) is 25.9. The first-order valence-corrected chi connectivity index (χ1v) is 10.9. The summed E-state index contributed by atoms with van der Waals surface area (Å²) in [5.41, 5.74) is 0.309. The van der Waals surface area contributed by atoms with Crippen LogP contribution in [0.2, 0.25) is 0 Å². The van der Waals surface area contributed by atoms with Crippen molar-refractivity contribution in [3.05, 3.63) is 0 Å². The lowest BCUT2D eigenvalue weighted by Crippen LogP contribution is -2.44. The van der Waals surface area contributed by atoms with Crippen molar-refractivity contribution in [1.29, 1.82) is 0 Å². The van der Waals surface area contributed by atoms with Gasteiger partial charge in [-0.1, -0.05) is 12.8 Å². The van der Waals surface area contributed by atoms with Gasteiger partial charge in [0.25, 0.3) is 0 Å². The first-order valence-electron chi connectivity index (χ1n) is 9.26. The molecule has 0 aromatic heterocycles. The van der Waals surface area contributed by atoms with E-state index in [-0.39, 0.29) is 29.7 Å². The summed E-state index contributed by atoms with van der Waals surface area (Å²) >= 11 is 0. The van der Waals surface area contributed by atoms with Gasteiger partial charge < -0.3 is 15.4 Å². The van der Waals surface area contributed by atoms with Gasteiger partial charge >= 0.3 is 0 Å². The molecule has 156 valence electrons. The normalized spacial score (nSPS) is 17.2. The number of guanidine groups is 1. The van der Waals surface area contributed by atoms with Gasteiger partial charge in [-0.25, -0.2) is 12.7 Å². The maximum Gasteiger partial charge on any atom is 0.213 e. The van der Waals surface area contributed by atoms with Crippen molar-refractivity contribution in [3.63, 3.8) is 0 Å². The Labute approximate surface area is 176 Å². The maximum absolute atomic E-state index is 11.7. The van der Waals surface area contributed by atoms with E-state index in [1.165, 1.54) is 30.0 Å². The SMILES string of the molecule is CCS(=O)(=O)N(C)CCCNC(=NC)NCC1(CCOC)CCCC1.I. The molecule has 0 radical (unpaired) electrons. The zero-order valence-corrected chi connectivity index (χ0v) is 19.9. The van der Waals surface area contributed by atoms with Crippen LogP contribution in [-0.2, 0) is 14.8 Å². The number of hydrogen-bond donors (Lipinski definition) is 2. The van der Waals surface area contributed by atoms with E-state index in [1.807, 2.05) is 0 Å². The lowest BCUT2D eigenvalue weighted by Gasteiger charge is -2.30. The third kappa shape index (κ3) is 8.71. The fraction of sp³-hybridized carbons (Fsp3) is 0.941. The Balaban J connectivity index is 0.00000625. The molecule has 0 bridgehead atoms. The van der Waals surface area contributed by atoms with Crippen LogP contribution in [0.1, 0.15) is 45.4 Å². The molecule has 1 fully saturated rings. The minimum absolute atomic E-state index is 0. The van der Waals surface area contributed by atoms with Crippen LogP contribution in [-0.4, -0.2) is 71.9 Å².